The highest BCUT2D eigenvalue weighted by atomic mass is 16.4. The van der Waals surface area contributed by atoms with Crippen molar-refractivity contribution >= 4 is 11.8 Å². The fraction of sp³-hybridized carbons (Fsp3) is 0.500. The molecule has 0 amide bonds. The number of hydrogen-bond donors (Lipinski definition) is 1. The molecule has 0 bridgehead atoms. The molecular weight excluding hydrogens is 240 g/mol. The lowest BCUT2D eigenvalue weighted by Gasteiger charge is -2.40. The molecule has 2 fully saturated rings. The summed E-state index contributed by atoms with van der Waals surface area (Å²) in [6.07, 6.45) is 3.68. The van der Waals surface area contributed by atoms with Gasteiger partial charge < -0.3 is 5.11 Å². The molecule has 0 aliphatic heterocycles. The molecule has 1 N–H and O–H groups in total. The number of carbonyl (C=O) groups excluding carboxylic acids is 1. The van der Waals surface area contributed by atoms with Crippen LogP contribution >= 0.6 is 0 Å². The van der Waals surface area contributed by atoms with Crippen molar-refractivity contribution < 1.29 is 14.7 Å². The molecule has 0 atom stereocenters. The lowest BCUT2D eigenvalue weighted by molar-refractivity contribution is -0.155. The van der Waals surface area contributed by atoms with Gasteiger partial charge in [-0.2, -0.15) is 0 Å². The van der Waals surface area contributed by atoms with Crippen LogP contribution in [0.5, 0.6) is 0 Å². The quantitative estimate of drug-likeness (QED) is 0.906. The average Bonchev–Trinajstić information content (AvgIpc) is 3.22. The Labute approximate surface area is 112 Å². The van der Waals surface area contributed by atoms with E-state index in [0.29, 0.717) is 25.7 Å². The van der Waals surface area contributed by atoms with Crippen LogP contribution < -0.4 is 0 Å². The third kappa shape index (κ3) is 1.71. The summed E-state index contributed by atoms with van der Waals surface area (Å²) < 4.78 is 0. The molecule has 0 spiro atoms. The third-order valence-electron chi connectivity index (χ3n) is 5.06. The maximum Gasteiger partial charge on any atom is 0.310 e. The van der Waals surface area contributed by atoms with Crippen molar-refractivity contribution in [2.45, 2.75) is 43.9 Å². The molecule has 19 heavy (non-hydrogen) atoms. The summed E-state index contributed by atoms with van der Waals surface area (Å²) in [6.45, 7) is 0. The van der Waals surface area contributed by atoms with Gasteiger partial charge >= 0.3 is 5.97 Å². The van der Waals surface area contributed by atoms with Gasteiger partial charge in [-0.3, -0.25) is 9.59 Å². The van der Waals surface area contributed by atoms with Gasteiger partial charge in [-0.05, 0) is 31.2 Å². The first-order valence-electron chi connectivity index (χ1n) is 6.91. The largest absolute Gasteiger partial charge is 0.481 e. The molecule has 0 aromatic heterocycles. The third-order valence-corrected chi connectivity index (χ3v) is 5.06. The number of carboxylic acid groups (broad SMARTS) is 1. The topological polar surface area (TPSA) is 54.4 Å². The molecule has 2 saturated carbocycles. The van der Waals surface area contributed by atoms with Gasteiger partial charge in [0.05, 0.1) is 5.41 Å². The van der Waals surface area contributed by atoms with Crippen molar-refractivity contribution in [3.63, 3.8) is 0 Å². The number of carboxylic acids is 1. The second-order valence-corrected chi connectivity index (χ2v) is 5.87. The van der Waals surface area contributed by atoms with Crippen molar-refractivity contribution in [2.24, 2.45) is 5.41 Å². The number of ketones is 1. The van der Waals surface area contributed by atoms with Crippen molar-refractivity contribution in [1.82, 2.24) is 0 Å². The Morgan fingerprint density at radius 3 is 2.05 bits per heavy atom. The average molecular weight is 258 g/mol. The standard InChI is InChI=1S/C16H18O3/c17-13-6-8-16(9-7-13,14(18)19)15(10-11-15)12-4-2-1-3-5-12/h1-5H,6-11H2,(H,18,19). The molecule has 2 aliphatic rings. The van der Waals surface area contributed by atoms with Gasteiger partial charge in [-0.1, -0.05) is 30.3 Å². The van der Waals surface area contributed by atoms with Crippen LogP contribution in [-0.4, -0.2) is 16.9 Å². The van der Waals surface area contributed by atoms with Crippen LogP contribution in [0.2, 0.25) is 0 Å². The second kappa shape index (κ2) is 4.19. The maximum absolute atomic E-state index is 11.9. The number of carbonyl (C=O) groups is 2. The fourth-order valence-electron chi connectivity index (χ4n) is 3.78. The summed E-state index contributed by atoms with van der Waals surface area (Å²) in [5.41, 5.74) is 0.162. The number of benzene rings is 1. The molecule has 1 aromatic carbocycles. The molecule has 1 aromatic rings. The van der Waals surface area contributed by atoms with Gasteiger partial charge in [0.1, 0.15) is 5.78 Å². The van der Waals surface area contributed by atoms with E-state index in [1.807, 2.05) is 30.3 Å². The summed E-state index contributed by atoms with van der Waals surface area (Å²) in [4.78, 5) is 23.4. The first kappa shape index (κ1) is 12.4. The normalized spacial score (nSPS) is 23.9. The Morgan fingerprint density at radius 2 is 1.58 bits per heavy atom. The minimum atomic E-state index is -0.734. The second-order valence-electron chi connectivity index (χ2n) is 5.87. The van der Waals surface area contributed by atoms with Gasteiger partial charge in [0.15, 0.2) is 0 Å². The van der Waals surface area contributed by atoms with Gasteiger partial charge in [-0.15, -0.1) is 0 Å². The van der Waals surface area contributed by atoms with E-state index in [2.05, 4.69) is 0 Å². The van der Waals surface area contributed by atoms with Crippen LogP contribution in [0.25, 0.3) is 0 Å². The molecule has 0 heterocycles. The van der Waals surface area contributed by atoms with Crippen LogP contribution in [-0.2, 0) is 15.0 Å². The highest BCUT2D eigenvalue weighted by Gasteiger charge is 2.64. The lowest BCUT2D eigenvalue weighted by atomic mass is 9.61. The molecule has 0 unspecified atom stereocenters. The van der Waals surface area contributed by atoms with Crippen LogP contribution in [0.3, 0.4) is 0 Å². The van der Waals surface area contributed by atoms with Crippen molar-refractivity contribution in [3.05, 3.63) is 35.9 Å². The Kier molecular flexibility index (Phi) is 2.73. The van der Waals surface area contributed by atoms with Gasteiger partial charge in [0.25, 0.3) is 0 Å². The van der Waals surface area contributed by atoms with Gasteiger partial charge in [0, 0.05) is 18.3 Å². The Morgan fingerprint density at radius 1 is 1.00 bits per heavy atom. The van der Waals surface area contributed by atoms with Crippen molar-refractivity contribution in [3.8, 4) is 0 Å². The van der Waals surface area contributed by atoms with E-state index in [9.17, 15) is 14.7 Å². The summed E-state index contributed by atoms with van der Waals surface area (Å²) >= 11 is 0. The predicted molar refractivity (Wildman–Crippen MR) is 70.9 cm³/mol. The monoisotopic (exact) mass is 258 g/mol. The Balaban J connectivity index is 2.02. The molecule has 0 radical (unpaired) electrons. The van der Waals surface area contributed by atoms with Crippen molar-refractivity contribution in [1.29, 1.82) is 0 Å². The van der Waals surface area contributed by atoms with Crippen molar-refractivity contribution in [2.75, 3.05) is 0 Å². The first-order chi connectivity index (χ1) is 9.11. The van der Waals surface area contributed by atoms with E-state index in [1.54, 1.807) is 0 Å². The zero-order valence-corrected chi connectivity index (χ0v) is 10.9. The first-order valence-corrected chi connectivity index (χ1v) is 6.91. The predicted octanol–water partition coefficient (Wildman–Crippen LogP) is 2.93. The zero-order valence-electron chi connectivity index (χ0n) is 10.9. The molecule has 3 heteroatoms. The van der Waals surface area contributed by atoms with E-state index < -0.39 is 11.4 Å². The number of rotatable bonds is 3. The van der Waals surface area contributed by atoms with Crippen LogP contribution in [0.4, 0.5) is 0 Å². The molecule has 3 rings (SSSR count). The molecule has 0 saturated heterocycles. The molecule has 100 valence electrons. The highest BCUT2D eigenvalue weighted by molar-refractivity contribution is 5.85. The van der Waals surface area contributed by atoms with Crippen LogP contribution in [0.1, 0.15) is 44.1 Å². The smallest absolute Gasteiger partial charge is 0.310 e. The van der Waals surface area contributed by atoms with Gasteiger partial charge in [-0.25, -0.2) is 0 Å². The molecular formula is C16H18O3. The fourth-order valence-corrected chi connectivity index (χ4v) is 3.78. The maximum atomic E-state index is 11.9. The number of aliphatic carboxylic acids is 1. The summed E-state index contributed by atoms with van der Waals surface area (Å²) in [7, 11) is 0. The molecule has 3 nitrogen and oxygen atoms in total. The summed E-state index contributed by atoms with van der Waals surface area (Å²) in [6, 6.07) is 9.97. The van der Waals surface area contributed by atoms with Crippen LogP contribution in [0, 0.1) is 5.41 Å². The summed E-state index contributed by atoms with van der Waals surface area (Å²) in [5, 5.41) is 9.80. The lowest BCUT2D eigenvalue weighted by Crippen LogP contribution is -2.45. The molecule has 2 aliphatic carbocycles. The Bertz CT molecular complexity index is 504. The van der Waals surface area contributed by atoms with E-state index in [0.717, 1.165) is 18.4 Å². The van der Waals surface area contributed by atoms with E-state index in [-0.39, 0.29) is 11.2 Å². The minimum Gasteiger partial charge on any atom is -0.481 e. The zero-order chi connectivity index (χ0) is 13.5. The van der Waals surface area contributed by atoms with E-state index in [1.165, 1.54) is 0 Å². The van der Waals surface area contributed by atoms with Crippen LogP contribution in [0.15, 0.2) is 30.3 Å². The Hall–Kier alpha value is -1.64. The number of hydrogen-bond acceptors (Lipinski definition) is 2. The summed E-state index contributed by atoms with van der Waals surface area (Å²) in [5.74, 6) is -0.512. The van der Waals surface area contributed by atoms with E-state index >= 15 is 0 Å². The van der Waals surface area contributed by atoms with Gasteiger partial charge in [0.2, 0.25) is 0 Å². The van der Waals surface area contributed by atoms with E-state index in [4.69, 9.17) is 0 Å². The minimum absolute atomic E-state index is 0.209. The SMILES string of the molecule is O=C1CCC(C(=O)O)(C2(c3ccccc3)CC2)CC1. The number of Topliss-reactive ketones (excluding diaryl/α,β-unsaturated/α-hetero) is 1. The highest BCUT2D eigenvalue weighted by Crippen LogP contribution is 2.64.